The van der Waals surface area contributed by atoms with Gasteiger partial charge in [-0.15, -0.1) is 0 Å². The maximum Gasteiger partial charge on any atom is 0.275 e. The molecule has 3 aromatic rings. The predicted octanol–water partition coefficient (Wildman–Crippen LogP) is 2.38. The molecule has 0 saturated heterocycles. The molecular weight excluding hydrogens is 344 g/mol. The van der Waals surface area contributed by atoms with Gasteiger partial charge in [-0.05, 0) is 37.1 Å². The van der Waals surface area contributed by atoms with Crippen LogP contribution in [0.25, 0.3) is 10.8 Å². The molecule has 1 aromatic heterocycles. The Morgan fingerprint density at radius 2 is 1.78 bits per heavy atom. The van der Waals surface area contributed by atoms with Gasteiger partial charge in [-0.25, -0.2) is 4.68 Å². The molecule has 1 saturated carbocycles. The summed E-state index contributed by atoms with van der Waals surface area (Å²) in [5, 5.41) is 10.9. The topological polar surface area (TPSA) is 93.1 Å². The Labute approximate surface area is 155 Å². The fourth-order valence-electron chi connectivity index (χ4n) is 2.84. The smallest absolute Gasteiger partial charge is 0.275 e. The molecule has 1 aliphatic carbocycles. The van der Waals surface area contributed by atoms with E-state index in [2.05, 4.69) is 15.7 Å². The van der Waals surface area contributed by atoms with Gasteiger partial charge in [0.05, 0.1) is 11.6 Å². The van der Waals surface area contributed by atoms with Crippen molar-refractivity contribution in [3.8, 4) is 0 Å². The van der Waals surface area contributed by atoms with Gasteiger partial charge in [0.2, 0.25) is 11.8 Å². The molecule has 0 spiro atoms. The van der Waals surface area contributed by atoms with Crippen LogP contribution in [0.2, 0.25) is 0 Å². The zero-order chi connectivity index (χ0) is 18.8. The first-order chi connectivity index (χ1) is 13.1. The first kappa shape index (κ1) is 17.0. The van der Waals surface area contributed by atoms with Crippen LogP contribution in [0.5, 0.6) is 0 Å². The zero-order valence-corrected chi connectivity index (χ0v) is 14.5. The van der Waals surface area contributed by atoms with Gasteiger partial charge in [0.1, 0.15) is 6.54 Å². The normalized spacial score (nSPS) is 13.3. The Morgan fingerprint density at radius 3 is 2.56 bits per heavy atom. The van der Waals surface area contributed by atoms with Crippen LogP contribution < -0.4 is 16.2 Å². The maximum absolute atomic E-state index is 12.4. The number of benzene rings is 2. The summed E-state index contributed by atoms with van der Waals surface area (Å²) in [6.07, 6.45) is 3.42. The summed E-state index contributed by atoms with van der Waals surface area (Å²) < 4.78 is 1.14. The molecule has 2 N–H and O–H groups in total. The van der Waals surface area contributed by atoms with E-state index in [1.54, 1.807) is 48.7 Å². The van der Waals surface area contributed by atoms with E-state index in [0.717, 1.165) is 22.9 Å². The van der Waals surface area contributed by atoms with E-state index in [9.17, 15) is 14.4 Å². The fourth-order valence-corrected chi connectivity index (χ4v) is 2.84. The first-order valence-electron chi connectivity index (χ1n) is 8.76. The lowest BCUT2D eigenvalue weighted by Gasteiger charge is -2.09. The second-order valence-corrected chi connectivity index (χ2v) is 6.59. The minimum Gasteiger partial charge on any atom is -0.326 e. The van der Waals surface area contributed by atoms with E-state index >= 15 is 0 Å². The van der Waals surface area contributed by atoms with E-state index < -0.39 is 0 Å². The van der Waals surface area contributed by atoms with Crippen LogP contribution in [0.3, 0.4) is 0 Å². The van der Waals surface area contributed by atoms with Crippen LogP contribution in [-0.4, -0.2) is 21.6 Å². The second kappa shape index (κ2) is 7.03. The largest absolute Gasteiger partial charge is 0.326 e. The number of carbonyl (C=O) groups excluding carboxylic acids is 2. The Bertz CT molecular complexity index is 1090. The molecule has 0 bridgehead atoms. The molecular formula is C20H18N4O3. The number of hydrogen-bond acceptors (Lipinski definition) is 4. The van der Waals surface area contributed by atoms with Crippen LogP contribution in [0, 0.1) is 5.92 Å². The summed E-state index contributed by atoms with van der Waals surface area (Å²) in [5.41, 5.74) is 0.863. The molecule has 0 atom stereocenters. The molecule has 1 heterocycles. The summed E-state index contributed by atoms with van der Waals surface area (Å²) in [6.45, 7) is -0.192. The van der Waals surface area contributed by atoms with Gasteiger partial charge >= 0.3 is 0 Å². The number of nitrogens with zero attached hydrogens (tertiary/aromatic N) is 2. The molecule has 7 nitrogen and oxygen atoms in total. The standard InChI is InChI=1S/C20H18N4O3/c25-18(12-24-20(27)17-7-2-1-4-14(17)11-21-24)22-15-5-3-6-16(10-15)23-19(26)13-8-9-13/h1-7,10-11,13H,8-9,12H2,(H,22,25)(H,23,26). The second-order valence-electron chi connectivity index (χ2n) is 6.59. The van der Waals surface area contributed by atoms with Crippen molar-refractivity contribution in [2.75, 3.05) is 10.6 Å². The summed E-state index contributed by atoms with van der Waals surface area (Å²) >= 11 is 0. The monoisotopic (exact) mass is 362 g/mol. The van der Waals surface area contributed by atoms with Gasteiger partial charge in [0.25, 0.3) is 5.56 Å². The van der Waals surface area contributed by atoms with Gasteiger partial charge in [-0.1, -0.05) is 24.3 Å². The van der Waals surface area contributed by atoms with Gasteiger partial charge in [0, 0.05) is 22.7 Å². The first-order valence-corrected chi connectivity index (χ1v) is 8.76. The Morgan fingerprint density at radius 1 is 1.04 bits per heavy atom. The number of carbonyl (C=O) groups is 2. The highest BCUT2D eigenvalue weighted by Crippen LogP contribution is 2.30. The number of anilines is 2. The molecule has 0 aliphatic heterocycles. The lowest BCUT2D eigenvalue weighted by molar-refractivity contribution is -0.117. The third kappa shape index (κ3) is 3.87. The van der Waals surface area contributed by atoms with Crippen molar-refractivity contribution in [1.29, 1.82) is 0 Å². The van der Waals surface area contributed by atoms with E-state index in [1.807, 2.05) is 6.07 Å². The lowest BCUT2D eigenvalue weighted by atomic mass is 10.2. The molecule has 136 valence electrons. The SMILES string of the molecule is O=C(Cn1ncc2ccccc2c1=O)Nc1cccc(NC(=O)C2CC2)c1. The van der Waals surface area contributed by atoms with E-state index in [1.165, 1.54) is 0 Å². The molecule has 2 aromatic carbocycles. The molecule has 4 rings (SSSR count). The summed E-state index contributed by atoms with van der Waals surface area (Å²) in [6, 6.07) is 14.0. The highest BCUT2D eigenvalue weighted by atomic mass is 16.2. The minimum atomic E-state index is -0.370. The van der Waals surface area contributed by atoms with Crippen molar-refractivity contribution < 1.29 is 9.59 Å². The van der Waals surface area contributed by atoms with Crippen molar-refractivity contribution in [3.05, 3.63) is 65.1 Å². The molecule has 1 aliphatic rings. The van der Waals surface area contributed by atoms with Gasteiger partial charge < -0.3 is 10.6 Å². The van der Waals surface area contributed by atoms with Crippen molar-refractivity contribution in [2.45, 2.75) is 19.4 Å². The average molecular weight is 362 g/mol. The minimum absolute atomic E-state index is 0.00499. The quantitative estimate of drug-likeness (QED) is 0.729. The third-order valence-corrected chi connectivity index (χ3v) is 4.42. The Balaban J connectivity index is 1.46. The van der Waals surface area contributed by atoms with Crippen LogP contribution >= 0.6 is 0 Å². The third-order valence-electron chi connectivity index (χ3n) is 4.42. The maximum atomic E-state index is 12.4. The van der Waals surface area contributed by atoms with Crippen LogP contribution in [0.1, 0.15) is 12.8 Å². The van der Waals surface area contributed by atoms with Crippen molar-refractivity contribution in [3.63, 3.8) is 0 Å². The highest BCUT2D eigenvalue weighted by molar-refractivity contribution is 5.96. The molecule has 0 unspecified atom stereocenters. The van der Waals surface area contributed by atoms with E-state index in [-0.39, 0.29) is 29.8 Å². The van der Waals surface area contributed by atoms with Crippen molar-refractivity contribution in [2.24, 2.45) is 5.92 Å². The van der Waals surface area contributed by atoms with Crippen LogP contribution in [0.15, 0.2) is 59.5 Å². The van der Waals surface area contributed by atoms with Gasteiger partial charge in [-0.2, -0.15) is 5.10 Å². The number of hydrogen-bond donors (Lipinski definition) is 2. The lowest BCUT2D eigenvalue weighted by Crippen LogP contribution is -2.29. The van der Waals surface area contributed by atoms with Crippen LogP contribution in [0.4, 0.5) is 11.4 Å². The Hall–Kier alpha value is -3.48. The average Bonchev–Trinajstić information content (AvgIpc) is 3.50. The zero-order valence-electron chi connectivity index (χ0n) is 14.5. The van der Waals surface area contributed by atoms with E-state index in [0.29, 0.717) is 16.8 Å². The summed E-state index contributed by atoms with van der Waals surface area (Å²) in [7, 11) is 0. The number of fused-ring (bicyclic) bond motifs is 1. The molecule has 27 heavy (non-hydrogen) atoms. The van der Waals surface area contributed by atoms with Crippen molar-refractivity contribution in [1.82, 2.24) is 9.78 Å². The molecule has 2 amide bonds. The number of aromatic nitrogens is 2. The summed E-state index contributed by atoms with van der Waals surface area (Å²) in [5.74, 6) is -0.259. The molecule has 7 heteroatoms. The van der Waals surface area contributed by atoms with Crippen LogP contribution in [-0.2, 0) is 16.1 Å². The van der Waals surface area contributed by atoms with E-state index in [4.69, 9.17) is 0 Å². The predicted molar refractivity (Wildman–Crippen MR) is 102 cm³/mol. The van der Waals surface area contributed by atoms with Crippen molar-refractivity contribution >= 4 is 34.0 Å². The number of nitrogens with one attached hydrogen (secondary N) is 2. The fraction of sp³-hybridized carbons (Fsp3) is 0.200. The summed E-state index contributed by atoms with van der Waals surface area (Å²) in [4.78, 5) is 36.6. The number of amides is 2. The number of rotatable bonds is 5. The highest BCUT2D eigenvalue weighted by Gasteiger charge is 2.29. The van der Waals surface area contributed by atoms with Gasteiger partial charge in [0.15, 0.2) is 0 Å². The van der Waals surface area contributed by atoms with Gasteiger partial charge in [-0.3, -0.25) is 14.4 Å². The molecule has 1 fully saturated rings. The molecule has 0 radical (unpaired) electrons. The Kier molecular flexibility index (Phi) is 4.42.